The van der Waals surface area contributed by atoms with Gasteiger partial charge in [0.05, 0.1) is 5.25 Å². The molecule has 0 saturated heterocycles. The standard InChI is InChI=1S/C10H17NO2S/c1-3-10(4-2)14(12,13)11-8-6-5-7-9-11/h6-10H,3-5H2,1-2H3. The second-order valence-corrected chi connectivity index (χ2v) is 5.44. The van der Waals surface area contributed by atoms with Gasteiger partial charge in [-0.25, -0.2) is 8.42 Å². The zero-order valence-electron chi connectivity index (χ0n) is 8.68. The van der Waals surface area contributed by atoms with Crippen LogP contribution in [0.2, 0.25) is 0 Å². The minimum atomic E-state index is -3.16. The van der Waals surface area contributed by atoms with Gasteiger partial charge in [0.15, 0.2) is 0 Å². The van der Waals surface area contributed by atoms with Crippen LogP contribution in [0.15, 0.2) is 24.6 Å². The van der Waals surface area contributed by atoms with Crippen molar-refractivity contribution < 1.29 is 8.42 Å². The molecule has 0 spiro atoms. The zero-order valence-corrected chi connectivity index (χ0v) is 9.50. The van der Waals surface area contributed by atoms with E-state index in [1.807, 2.05) is 26.0 Å². The van der Waals surface area contributed by atoms with Crippen LogP contribution in [0.25, 0.3) is 0 Å². The molecule has 0 atom stereocenters. The van der Waals surface area contributed by atoms with Crippen LogP contribution in [0.5, 0.6) is 0 Å². The van der Waals surface area contributed by atoms with Crippen LogP contribution in [0.1, 0.15) is 33.1 Å². The molecule has 0 fully saturated rings. The average Bonchev–Trinajstić information content (AvgIpc) is 2.20. The first kappa shape index (κ1) is 11.3. The molecule has 1 heterocycles. The second kappa shape index (κ2) is 4.64. The summed E-state index contributed by atoms with van der Waals surface area (Å²) in [6, 6.07) is 0. The van der Waals surface area contributed by atoms with Gasteiger partial charge in [0.25, 0.3) is 0 Å². The molecule has 0 aromatic carbocycles. The molecule has 1 aliphatic rings. The molecule has 0 N–H and O–H groups in total. The Morgan fingerprint density at radius 1 is 1.21 bits per heavy atom. The molecule has 1 rings (SSSR count). The summed E-state index contributed by atoms with van der Waals surface area (Å²) in [5, 5.41) is -0.269. The van der Waals surface area contributed by atoms with Crippen molar-refractivity contribution in [3.8, 4) is 0 Å². The van der Waals surface area contributed by atoms with Crippen LogP contribution in [0.3, 0.4) is 0 Å². The minimum Gasteiger partial charge on any atom is -0.253 e. The van der Waals surface area contributed by atoms with Gasteiger partial charge >= 0.3 is 0 Å². The predicted octanol–water partition coefficient (Wildman–Crippen LogP) is 2.24. The molecule has 0 unspecified atom stereocenters. The smallest absolute Gasteiger partial charge is 0.241 e. The van der Waals surface area contributed by atoms with Gasteiger partial charge in [0.1, 0.15) is 0 Å². The van der Waals surface area contributed by atoms with Gasteiger partial charge in [-0.2, -0.15) is 0 Å². The molecule has 0 aliphatic carbocycles. The maximum atomic E-state index is 12.0. The Balaban J connectivity index is 2.88. The molecule has 14 heavy (non-hydrogen) atoms. The van der Waals surface area contributed by atoms with E-state index in [9.17, 15) is 8.42 Å². The normalized spacial score (nSPS) is 16.6. The molecule has 0 aromatic rings. The molecule has 0 aromatic heterocycles. The van der Waals surface area contributed by atoms with Gasteiger partial charge in [-0.05, 0) is 19.3 Å². The van der Waals surface area contributed by atoms with E-state index >= 15 is 0 Å². The lowest BCUT2D eigenvalue weighted by Gasteiger charge is -2.23. The van der Waals surface area contributed by atoms with Crippen LogP contribution in [0, 0.1) is 0 Å². The van der Waals surface area contributed by atoms with E-state index in [4.69, 9.17) is 0 Å². The highest BCUT2D eigenvalue weighted by Crippen LogP contribution is 2.18. The Bertz CT molecular complexity index is 314. The molecule has 0 saturated carbocycles. The number of sulfonamides is 1. The topological polar surface area (TPSA) is 37.4 Å². The maximum absolute atomic E-state index is 12.0. The highest BCUT2D eigenvalue weighted by atomic mass is 32.2. The number of hydrogen-bond donors (Lipinski definition) is 0. The van der Waals surface area contributed by atoms with E-state index in [1.54, 1.807) is 12.4 Å². The molecular weight excluding hydrogens is 198 g/mol. The first-order valence-corrected chi connectivity index (χ1v) is 6.49. The summed E-state index contributed by atoms with van der Waals surface area (Å²) in [5.74, 6) is 0. The van der Waals surface area contributed by atoms with Crippen molar-refractivity contribution in [2.45, 2.75) is 38.4 Å². The fourth-order valence-electron chi connectivity index (χ4n) is 1.51. The third kappa shape index (κ3) is 2.18. The van der Waals surface area contributed by atoms with Gasteiger partial charge in [-0.15, -0.1) is 0 Å². The second-order valence-electron chi connectivity index (χ2n) is 3.32. The fourth-order valence-corrected chi connectivity index (χ4v) is 3.21. The first-order chi connectivity index (χ1) is 6.62. The summed E-state index contributed by atoms with van der Waals surface area (Å²) < 4.78 is 25.3. The van der Waals surface area contributed by atoms with E-state index in [0.717, 1.165) is 6.42 Å². The molecule has 0 bridgehead atoms. The molecule has 0 amide bonds. The van der Waals surface area contributed by atoms with E-state index in [2.05, 4.69) is 0 Å². The maximum Gasteiger partial charge on any atom is 0.241 e. The Labute approximate surface area is 86.2 Å². The van der Waals surface area contributed by atoms with Crippen molar-refractivity contribution in [3.05, 3.63) is 24.6 Å². The quantitative estimate of drug-likeness (QED) is 0.721. The first-order valence-electron chi connectivity index (χ1n) is 4.98. The third-order valence-corrected chi connectivity index (χ3v) is 4.74. The van der Waals surface area contributed by atoms with E-state index in [-0.39, 0.29) is 5.25 Å². The van der Waals surface area contributed by atoms with Crippen molar-refractivity contribution in [3.63, 3.8) is 0 Å². The van der Waals surface area contributed by atoms with Crippen molar-refractivity contribution in [2.24, 2.45) is 0 Å². The molecule has 80 valence electrons. The minimum absolute atomic E-state index is 0.269. The lowest BCUT2D eigenvalue weighted by Crippen LogP contribution is -2.31. The Kier molecular flexibility index (Phi) is 3.75. The van der Waals surface area contributed by atoms with Crippen LogP contribution in [-0.4, -0.2) is 18.0 Å². The van der Waals surface area contributed by atoms with Crippen molar-refractivity contribution >= 4 is 10.0 Å². The summed E-state index contributed by atoms with van der Waals surface area (Å²) in [6.45, 7) is 3.81. The van der Waals surface area contributed by atoms with Crippen LogP contribution in [0.4, 0.5) is 0 Å². The SMILES string of the molecule is CCC(CC)S(=O)(=O)N1C=CCC=C1. The van der Waals surface area contributed by atoms with Crippen LogP contribution < -0.4 is 0 Å². The van der Waals surface area contributed by atoms with Gasteiger partial charge in [-0.3, -0.25) is 4.31 Å². The van der Waals surface area contributed by atoms with E-state index in [1.165, 1.54) is 4.31 Å². The molecule has 4 heteroatoms. The summed E-state index contributed by atoms with van der Waals surface area (Å²) in [7, 11) is -3.16. The van der Waals surface area contributed by atoms with E-state index in [0.29, 0.717) is 12.8 Å². The molecule has 0 radical (unpaired) electrons. The molecule has 3 nitrogen and oxygen atoms in total. The molecule has 1 aliphatic heterocycles. The van der Waals surface area contributed by atoms with Crippen LogP contribution >= 0.6 is 0 Å². The zero-order chi connectivity index (χ0) is 10.6. The van der Waals surface area contributed by atoms with Crippen molar-refractivity contribution in [1.29, 1.82) is 0 Å². The summed E-state index contributed by atoms with van der Waals surface area (Å²) in [5.41, 5.74) is 0. The number of hydrogen-bond acceptors (Lipinski definition) is 2. The molecular formula is C10H17NO2S. The number of rotatable bonds is 4. The number of allylic oxidation sites excluding steroid dienone is 2. The van der Waals surface area contributed by atoms with Crippen molar-refractivity contribution in [1.82, 2.24) is 4.31 Å². The fraction of sp³-hybridized carbons (Fsp3) is 0.600. The highest BCUT2D eigenvalue weighted by Gasteiger charge is 2.26. The Hall–Kier alpha value is -0.770. The van der Waals surface area contributed by atoms with Gasteiger partial charge in [0.2, 0.25) is 10.0 Å². The summed E-state index contributed by atoms with van der Waals surface area (Å²) >= 11 is 0. The van der Waals surface area contributed by atoms with Gasteiger partial charge in [-0.1, -0.05) is 26.0 Å². The lowest BCUT2D eigenvalue weighted by atomic mass is 10.3. The van der Waals surface area contributed by atoms with Gasteiger partial charge in [0, 0.05) is 12.4 Å². The lowest BCUT2D eigenvalue weighted by molar-refractivity contribution is 0.526. The van der Waals surface area contributed by atoms with Crippen LogP contribution in [-0.2, 0) is 10.0 Å². The van der Waals surface area contributed by atoms with E-state index < -0.39 is 10.0 Å². The Morgan fingerprint density at radius 3 is 2.14 bits per heavy atom. The number of nitrogens with zero attached hydrogens (tertiary/aromatic N) is 1. The Morgan fingerprint density at radius 2 is 1.71 bits per heavy atom. The summed E-state index contributed by atoms with van der Waals surface area (Å²) in [6.07, 6.45) is 9.10. The van der Waals surface area contributed by atoms with Crippen molar-refractivity contribution in [2.75, 3.05) is 0 Å². The third-order valence-electron chi connectivity index (χ3n) is 2.40. The highest BCUT2D eigenvalue weighted by molar-refractivity contribution is 7.89. The average molecular weight is 215 g/mol. The predicted molar refractivity (Wildman–Crippen MR) is 58.0 cm³/mol. The van der Waals surface area contributed by atoms with Gasteiger partial charge < -0.3 is 0 Å². The monoisotopic (exact) mass is 215 g/mol. The summed E-state index contributed by atoms with van der Waals surface area (Å²) in [4.78, 5) is 0. The largest absolute Gasteiger partial charge is 0.253 e.